The van der Waals surface area contributed by atoms with Crippen molar-refractivity contribution < 1.29 is 14.1 Å². The first-order valence-electron chi connectivity index (χ1n) is 9.83. The van der Waals surface area contributed by atoms with Crippen molar-refractivity contribution >= 4 is 11.8 Å². The molecule has 1 aliphatic rings. The molecule has 1 aliphatic heterocycles. The minimum Gasteiger partial charge on any atom is -0.356 e. The Morgan fingerprint density at radius 1 is 1.07 bits per heavy atom. The second-order valence-electron chi connectivity index (χ2n) is 7.17. The van der Waals surface area contributed by atoms with E-state index in [9.17, 15) is 9.59 Å². The van der Waals surface area contributed by atoms with Crippen molar-refractivity contribution in [1.82, 2.24) is 15.4 Å². The van der Waals surface area contributed by atoms with E-state index in [1.54, 1.807) is 11.0 Å². The summed E-state index contributed by atoms with van der Waals surface area (Å²) in [6.07, 6.45) is 1.63. The van der Waals surface area contributed by atoms with Crippen LogP contribution >= 0.6 is 0 Å². The van der Waals surface area contributed by atoms with Crippen LogP contribution in [0.2, 0.25) is 0 Å². The highest BCUT2D eigenvalue weighted by atomic mass is 16.5. The lowest BCUT2D eigenvalue weighted by Gasteiger charge is -2.23. The summed E-state index contributed by atoms with van der Waals surface area (Å²) in [7, 11) is 0. The maximum Gasteiger partial charge on any atom is 0.243 e. The predicted octanol–water partition coefficient (Wildman–Crippen LogP) is 3.19. The van der Waals surface area contributed by atoms with Gasteiger partial charge in [-0.3, -0.25) is 9.59 Å². The van der Waals surface area contributed by atoms with E-state index in [-0.39, 0.29) is 18.2 Å². The van der Waals surface area contributed by atoms with Crippen molar-refractivity contribution in [2.75, 3.05) is 6.54 Å². The van der Waals surface area contributed by atoms with Gasteiger partial charge in [-0.1, -0.05) is 65.8 Å². The molecular weight excluding hydrogens is 366 g/mol. The Kier molecular flexibility index (Phi) is 5.70. The highest BCUT2D eigenvalue weighted by Gasteiger charge is 2.34. The SMILES string of the molecule is O=C(NCc1ccccc1)[C@H]1CCCN1C(=O)Cc1cc(-c2ccccc2)on1. The number of benzene rings is 2. The monoisotopic (exact) mass is 389 g/mol. The van der Waals surface area contributed by atoms with Crippen molar-refractivity contribution in [3.8, 4) is 11.3 Å². The number of carbonyl (C=O) groups excluding carboxylic acids is 2. The van der Waals surface area contributed by atoms with Crippen LogP contribution in [0.5, 0.6) is 0 Å². The molecule has 0 unspecified atom stereocenters. The van der Waals surface area contributed by atoms with Crippen LogP contribution in [0.1, 0.15) is 24.1 Å². The summed E-state index contributed by atoms with van der Waals surface area (Å²) in [5, 5.41) is 6.98. The summed E-state index contributed by atoms with van der Waals surface area (Å²) in [5.41, 5.74) is 2.52. The van der Waals surface area contributed by atoms with Gasteiger partial charge in [-0.25, -0.2) is 0 Å². The molecule has 1 aromatic heterocycles. The van der Waals surface area contributed by atoms with Crippen LogP contribution in [0.3, 0.4) is 0 Å². The van der Waals surface area contributed by atoms with E-state index in [2.05, 4.69) is 10.5 Å². The Labute approximate surface area is 169 Å². The van der Waals surface area contributed by atoms with Gasteiger partial charge in [0.15, 0.2) is 5.76 Å². The number of hydrogen-bond acceptors (Lipinski definition) is 4. The molecule has 2 heterocycles. The van der Waals surface area contributed by atoms with Crippen molar-refractivity contribution in [2.24, 2.45) is 0 Å². The molecule has 3 aromatic rings. The summed E-state index contributed by atoms with van der Waals surface area (Å²) in [4.78, 5) is 27.1. The summed E-state index contributed by atoms with van der Waals surface area (Å²) in [6, 6.07) is 20.7. The largest absolute Gasteiger partial charge is 0.356 e. The molecule has 4 rings (SSSR count). The number of carbonyl (C=O) groups is 2. The molecule has 2 amide bonds. The Morgan fingerprint density at radius 3 is 2.55 bits per heavy atom. The third-order valence-corrected chi connectivity index (χ3v) is 5.13. The normalized spacial score (nSPS) is 16.0. The number of nitrogens with zero attached hydrogens (tertiary/aromatic N) is 2. The van der Waals surface area contributed by atoms with Crippen LogP contribution in [-0.2, 0) is 22.6 Å². The van der Waals surface area contributed by atoms with Crippen LogP contribution in [0.15, 0.2) is 71.3 Å². The number of likely N-dealkylation sites (tertiary alicyclic amines) is 1. The van der Waals surface area contributed by atoms with Crippen LogP contribution < -0.4 is 5.32 Å². The molecule has 6 nitrogen and oxygen atoms in total. The average Bonchev–Trinajstić information content (AvgIpc) is 3.43. The second-order valence-corrected chi connectivity index (χ2v) is 7.17. The summed E-state index contributed by atoms with van der Waals surface area (Å²) in [6.45, 7) is 1.05. The minimum atomic E-state index is -0.424. The molecule has 1 N–H and O–H groups in total. The van der Waals surface area contributed by atoms with Gasteiger partial charge in [0.1, 0.15) is 6.04 Å². The molecule has 0 radical (unpaired) electrons. The van der Waals surface area contributed by atoms with E-state index in [1.807, 2.05) is 60.7 Å². The predicted molar refractivity (Wildman–Crippen MR) is 109 cm³/mol. The van der Waals surface area contributed by atoms with E-state index >= 15 is 0 Å². The van der Waals surface area contributed by atoms with Gasteiger partial charge in [0.2, 0.25) is 11.8 Å². The molecule has 6 heteroatoms. The van der Waals surface area contributed by atoms with E-state index in [4.69, 9.17) is 4.52 Å². The third-order valence-electron chi connectivity index (χ3n) is 5.13. The molecule has 1 fully saturated rings. The Bertz CT molecular complexity index is 969. The zero-order valence-corrected chi connectivity index (χ0v) is 16.1. The molecule has 0 saturated carbocycles. The molecule has 2 aromatic carbocycles. The lowest BCUT2D eigenvalue weighted by atomic mass is 10.1. The Morgan fingerprint density at radius 2 is 1.79 bits per heavy atom. The third kappa shape index (κ3) is 4.54. The fourth-order valence-corrected chi connectivity index (χ4v) is 3.63. The zero-order valence-electron chi connectivity index (χ0n) is 16.1. The number of hydrogen-bond donors (Lipinski definition) is 1. The topological polar surface area (TPSA) is 75.4 Å². The van der Waals surface area contributed by atoms with Crippen molar-refractivity contribution in [3.63, 3.8) is 0 Å². The zero-order chi connectivity index (χ0) is 20.1. The quantitative estimate of drug-likeness (QED) is 0.703. The first kappa shape index (κ1) is 18.9. The van der Waals surface area contributed by atoms with E-state index < -0.39 is 6.04 Å². The fraction of sp³-hybridized carbons (Fsp3) is 0.261. The maximum absolute atomic E-state index is 12.8. The van der Waals surface area contributed by atoms with Gasteiger partial charge in [-0.2, -0.15) is 0 Å². The van der Waals surface area contributed by atoms with E-state index in [0.29, 0.717) is 31.0 Å². The van der Waals surface area contributed by atoms with Crippen molar-refractivity contribution in [3.05, 3.63) is 78.0 Å². The summed E-state index contributed by atoms with van der Waals surface area (Å²) < 4.78 is 5.38. The first-order valence-corrected chi connectivity index (χ1v) is 9.83. The molecular formula is C23H23N3O3. The van der Waals surface area contributed by atoms with Crippen LogP contribution in [0, 0.1) is 0 Å². The molecule has 29 heavy (non-hydrogen) atoms. The molecule has 0 bridgehead atoms. The highest BCUT2D eigenvalue weighted by molar-refractivity contribution is 5.89. The average molecular weight is 389 g/mol. The Balaban J connectivity index is 1.36. The molecule has 0 aliphatic carbocycles. The van der Waals surface area contributed by atoms with Gasteiger partial charge in [0.05, 0.1) is 12.1 Å². The number of rotatable bonds is 6. The number of aromatic nitrogens is 1. The Hall–Kier alpha value is -3.41. The van der Waals surface area contributed by atoms with Crippen LogP contribution in [0.25, 0.3) is 11.3 Å². The van der Waals surface area contributed by atoms with Crippen LogP contribution in [-0.4, -0.2) is 34.5 Å². The highest BCUT2D eigenvalue weighted by Crippen LogP contribution is 2.22. The number of nitrogens with one attached hydrogen (secondary N) is 1. The molecule has 1 saturated heterocycles. The van der Waals surface area contributed by atoms with Crippen molar-refractivity contribution in [1.29, 1.82) is 0 Å². The summed E-state index contributed by atoms with van der Waals surface area (Å²) in [5.74, 6) is 0.423. The molecule has 1 atom stereocenters. The van der Waals surface area contributed by atoms with Crippen molar-refractivity contribution in [2.45, 2.75) is 31.8 Å². The van der Waals surface area contributed by atoms with E-state index in [0.717, 1.165) is 17.5 Å². The fourth-order valence-electron chi connectivity index (χ4n) is 3.63. The van der Waals surface area contributed by atoms with Gasteiger partial charge >= 0.3 is 0 Å². The number of amides is 2. The lowest BCUT2D eigenvalue weighted by molar-refractivity contribution is -0.138. The second kappa shape index (κ2) is 8.73. The van der Waals surface area contributed by atoms with Gasteiger partial charge in [0, 0.05) is 24.7 Å². The molecule has 0 spiro atoms. The smallest absolute Gasteiger partial charge is 0.243 e. The van der Waals surface area contributed by atoms with Gasteiger partial charge < -0.3 is 14.7 Å². The first-order chi connectivity index (χ1) is 14.2. The summed E-state index contributed by atoms with van der Waals surface area (Å²) >= 11 is 0. The standard InChI is InChI=1S/C23H23N3O3/c27-22(15-19-14-21(29-25-19)18-10-5-2-6-11-18)26-13-7-12-20(26)23(28)24-16-17-8-3-1-4-9-17/h1-6,8-11,14,20H,7,12-13,15-16H2,(H,24,28)/t20-/m1/s1. The van der Waals surface area contributed by atoms with E-state index in [1.165, 1.54) is 0 Å². The lowest BCUT2D eigenvalue weighted by Crippen LogP contribution is -2.46. The van der Waals surface area contributed by atoms with Gasteiger partial charge in [-0.15, -0.1) is 0 Å². The van der Waals surface area contributed by atoms with Gasteiger partial charge in [-0.05, 0) is 18.4 Å². The minimum absolute atomic E-state index is 0.102. The molecule has 148 valence electrons. The maximum atomic E-state index is 12.8. The van der Waals surface area contributed by atoms with Crippen LogP contribution in [0.4, 0.5) is 0 Å². The van der Waals surface area contributed by atoms with Gasteiger partial charge in [0.25, 0.3) is 0 Å².